The summed E-state index contributed by atoms with van der Waals surface area (Å²) in [5.74, 6) is 0.441. The molecule has 0 aliphatic carbocycles. The molecule has 0 saturated heterocycles. The standard InChI is InChI=1S/C23H36IN2/c1-6-11-12-15-19(9-4)22-18-20(13-7-2)21(14-8-3)25-17-16-23(24)26(22)10-5/h6,9,11-12,15,18,20H,7-8,10,13-14,16-17H2,1-5H3/q+1/b11-6-,15-12-,19-9+,22-18-,25-21+,26-23+. The summed E-state index contributed by atoms with van der Waals surface area (Å²) in [6.07, 6.45) is 18.9. The summed E-state index contributed by atoms with van der Waals surface area (Å²) in [6.45, 7) is 12.9. The molecule has 0 aromatic heterocycles. The van der Waals surface area contributed by atoms with Crippen LogP contribution in [0.1, 0.15) is 66.7 Å². The van der Waals surface area contributed by atoms with E-state index in [2.05, 4.69) is 98.2 Å². The molecule has 1 unspecified atom stereocenters. The van der Waals surface area contributed by atoms with Crippen LogP contribution in [0.4, 0.5) is 0 Å². The SMILES string of the molecule is C\C=C/C=C\C(=C/C)C1=C\C(CCC)/C(CCC)=N/CC\C(I)=[N+]/1CC. The van der Waals surface area contributed by atoms with Gasteiger partial charge in [-0.05, 0) is 45.8 Å². The second-order valence-corrected chi connectivity index (χ2v) is 7.81. The lowest BCUT2D eigenvalue weighted by atomic mass is 9.92. The molecule has 2 nitrogen and oxygen atoms in total. The molecule has 0 saturated carbocycles. The molecule has 1 rings (SSSR count). The Balaban J connectivity index is 3.52. The van der Waals surface area contributed by atoms with E-state index >= 15 is 0 Å². The Morgan fingerprint density at radius 3 is 2.58 bits per heavy atom. The maximum Gasteiger partial charge on any atom is 0.219 e. The van der Waals surface area contributed by atoms with Crippen molar-refractivity contribution in [2.24, 2.45) is 10.9 Å². The topological polar surface area (TPSA) is 15.4 Å². The summed E-state index contributed by atoms with van der Waals surface area (Å²) in [5, 5.41) is 0. The molecule has 0 fully saturated rings. The van der Waals surface area contributed by atoms with E-state index in [0.717, 1.165) is 32.4 Å². The lowest BCUT2D eigenvalue weighted by Crippen LogP contribution is -2.20. The normalized spacial score (nSPS) is 27.0. The van der Waals surface area contributed by atoms with Crippen molar-refractivity contribution in [1.82, 2.24) is 0 Å². The van der Waals surface area contributed by atoms with Crippen molar-refractivity contribution in [2.45, 2.75) is 66.7 Å². The first kappa shape index (κ1) is 23.1. The highest BCUT2D eigenvalue weighted by molar-refractivity contribution is 14.1. The lowest BCUT2D eigenvalue weighted by molar-refractivity contribution is -0.466. The zero-order valence-electron chi connectivity index (χ0n) is 17.3. The van der Waals surface area contributed by atoms with Crippen molar-refractivity contribution >= 4 is 32.0 Å². The Kier molecular flexibility index (Phi) is 11.7. The number of aliphatic imine (C=N–C) groups is 1. The van der Waals surface area contributed by atoms with E-state index < -0.39 is 0 Å². The van der Waals surface area contributed by atoms with Gasteiger partial charge in [-0.25, -0.2) is 0 Å². The minimum absolute atomic E-state index is 0.441. The zero-order valence-corrected chi connectivity index (χ0v) is 19.4. The molecule has 3 heteroatoms. The van der Waals surface area contributed by atoms with Crippen LogP contribution in [0.3, 0.4) is 0 Å². The van der Waals surface area contributed by atoms with Crippen molar-refractivity contribution in [3.05, 3.63) is 47.7 Å². The third kappa shape index (κ3) is 6.98. The predicted octanol–water partition coefficient (Wildman–Crippen LogP) is 6.88. The van der Waals surface area contributed by atoms with Gasteiger partial charge in [0.25, 0.3) is 0 Å². The summed E-state index contributed by atoms with van der Waals surface area (Å²) in [6, 6.07) is 0. The molecule has 0 aromatic rings. The largest absolute Gasteiger partial charge is 0.293 e. The highest BCUT2D eigenvalue weighted by Gasteiger charge is 2.24. The van der Waals surface area contributed by atoms with E-state index in [1.807, 2.05) is 0 Å². The zero-order chi connectivity index (χ0) is 19.4. The van der Waals surface area contributed by atoms with Gasteiger partial charge < -0.3 is 0 Å². The second kappa shape index (κ2) is 13.2. The summed E-state index contributed by atoms with van der Waals surface area (Å²) >= 11 is 2.51. The highest BCUT2D eigenvalue weighted by Crippen LogP contribution is 2.24. The maximum absolute atomic E-state index is 5.02. The highest BCUT2D eigenvalue weighted by atomic mass is 127. The van der Waals surface area contributed by atoms with Crippen LogP contribution >= 0.6 is 22.6 Å². The van der Waals surface area contributed by atoms with E-state index in [1.165, 1.54) is 33.5 Å². The lowest BCUT2D eigenvalue weighted by Gasteiger charge is -2.16. The van der Waals surface area contributed by atoms with Gasteiger partial charge in [0, 0.05) is 46.3 Å². The average molecular weight is 467 g/mol. The number of rotatable bonds is 8. The molecule has 1 atom stereocenters. The Bertz CT molecular complexity index is 618. The van der Waals surface area contributed by atoms with Gasteiger partial charge in [-0.3, -0.25) is 4.99 Å². The molecular weight excluding hydrogens is 431 g/mol. The molecule has 1 aliphatic rings. The van der Waals surface area contributed by atoms with Gasteiger partial charge >= 0.3 is 0 Å². The molecule has 0 bridgehead atoms. The first-order valence-corrected chi connectivity index (χ1v) is 11.2. The minimum atomic E-state index is 0.441. The van der Waals surface area contributed by atoms with Crippen molar-refractivity contribution < 1.29 is 4.58 Å². The van der Waals surface area contributed by atoms with Crippen molar-refractivity contribution in [3.63, 3.8) is 0 Å². The molecule has 0 aromatic carbocycles. The second-order valence-electron chi connectivity index (χ2n) is 6.57. The Labute approximate surface area is 174 Å². The fraction of sp³-hybridized carbons (Fsp3) is 0.565. The molecule has 0 amide bonds. The molecule has 1 heterocycles. The van der Waals surface area contributed by atoms with Gasteiger partial charge in [0.1, 0.15) is 6.54 Å². The van der Waals surface area contributed by atoms with E-state index in [9.17, 15) is 0 Å². The molecule has 0 N–H and O–H groups in total. The van der Waals surface area contributed by atoms with Crippen molar-refractivity contribution in [1.29, 1.82) is 0 Å². The van der Waals surface area contributed by atoms with Crippen LogP contribution in [0.5, 0.6) is 0 Å². The molecule has 0 radical (unpaired) electrons. The van der Waals surface area contributed by atoms with Gasteiger partial charge in [-0.2, -0.15) is 4.58 Å². The molecule has 1 aliphatic heterocycles. The molecular formula is C23H36IN2+. The Hall–Kier alpha value is -0.970. The van der Waals surface area contributed by atoms with Crippen LogP contribution in [-0.2, 0) is 0 Å². The predicted molar refractivity (Wildman–Crippen MR) is 126 cm³/mol. The van der Waals surface area contributed by atoms with Crippen molar-refractivity contribution in [2.75, 3.05) is 13.1 Å². The summed E-state index contributed by atoms with van der Waals surface area (Å²) in [4.78, 5) is 5.02. The first-order valence-electron chi connectivity index (χ1n) is 10.1. The third-order valence-electron chi connectivity index (χ3n) is 4.61. The first-order chi connectivity index (χ1) is 12.6. The quantitative estimate of drug-likeness (QED) is 0.210. The fourth-order valence-corrected chi connectivity index (χ4v) is 4.17. The van der Waals surface area contributed by atoms with E-state index in [0.29, 0.717) is 5.92 Å². The molecule has 144 valence electrons. The number of nitrogens with zero attached hydrogens (tertiary/aromatic N) is 2. The number of hydrogen-bond acceptors (Lipinski definition) is 1. The minimum Gasteiger partial charge on any atom is -0.293 e. The average Bonchev–Trinajstić information content (AvgIpc) is 2.69. The van der Waals surface area contributed by atoms with Crippen LogP contribution in [0.25, 0.3) is 0 Å². The van der Waals surface area contributed by atoms with Crippen LogP contribution in [0.2, 0.25) is 0 Å². The summed E-state index contributed by atoms with van der Waals surface area (Å²) in [7, 11) is 0. The Morgan fingerprint density at radius 2 is 2.00 bits per heavy atom. The van der Waals surface area contributed by atoms with E-state index in [4.69, 9.17) is 4.99 Å². The van der Waals surface area contributed by atoms with Crippen LogP contribution in [-0.4, -0.2) is 27.1 Å². The fourth-order valence-electron chi connectivity index (χ4n) is 3.33. The van der Waals surface area contributed by atoms with Gasteiger partial charge in [0.15, 0.2) is 0 Å². The van der Waals surface area contributed by atoms with Crippen molar-refractivity contribution in [3.8, 4) is 0 Å². The summed E-state index contributed by atoms with van der Waals surface area (Å²) < 4.78 is 3.86. The Morgan fingerprint density at radius 1 is 1.23 bits per heavy atom. The van der Waals surface area contributed by atoms with Gasteiger partial charge in [-0.15, -0.1) is 0 Å². The van der Waals surface area contributed by atoms with Crippen LogP contribution in [0, 0.1) is 5.92 Å². The monoisotopic (exact) mass is 467 g/mol. The molecule has 0 spiro atoms. The van der Waals surface area contributed by atoms with Crippen LogP contribution in [0.15, 0.2) is 52.7 Å². The van der Waals surface area contributed by atoms with Gasteiger partial charge in [0.2, 0.25) is 9.42 Å². The van der Waals surface area contributed by atoms with E-state index in [1.54, 1.807) is 0 Å². The van der Waals surface area contributed by atoms with Crippen LogP contribution < -0.4 is 0 Å². The number of likely N-dealkylation sites (N-methyl/N-ethyl adjacent to an activating group) is 1. The number of halogens is 1. The van der Waals surface area contributed by atoms with E-state index in [-0.39, 0.29) is 0 Å². The number of allylic oxidation sites excluding steroid dienone is 6. The maximum atomic E-state index is 5.02. The van der Waals surface area contributed by atoms with Gasteiger partial charge in [0.05, 0.1) is 6.42 Å². The van der Waals surface area contributed by atoms with Gasteiger partial charge in [-0.1, -0.05) is 51.0 Å². The smallest absolute Gasteiger partial charge is 0.219 e. The molecule has 26 heavy (non-hydrogen) atoms. The third-order valence-corrected chi connectivity index (χ3v) is 5.73. The number of hydrogen-bond donors (Lipinski definition) is 0. The summed E-state index contributed by atoms with van der Waals surface area (Å²) in [5.41, 5.74) is 4.02.